The minimum atomic E-state index is -1.01. The van der Waals surface area contributed by atoms with Crippen molar-refractivity contribution in [3.8, 4) is 0 Å². The molecule has 152 valence electrons. The van der Waals surface area contributed by atoms with E-state index in [1.54, 1.807) is 23.8 Å². The van der Waals surface area contributed by atoms with Crippen molar-refractivity contribution in [1.29, 1.82) is 0 Å². The van der Waals surface area contributed by atoms with Gasteiger partial charge in [-0.2, -0.15) is 0 Å². The normalized spacial score (nSPS) is 16.5. The lowest BCUT2D eigenvalue weighted by atomic mass is 10.1. The van der Waals surface area contributed by atoms with E-state index in [2.05, 4.69) is 0 Å². The Morgan fingerprint density at radius 1 is 1.24 bits per heavy atom. The van der Waals surface area contributed by atoms with Gasteiger partial charge < -0.3 is 14.0 Å². The Kier molecular flexibility index (Phi) is 6.07. The number of hydrogen-bond donors (Lipinski definition) is 0. The molecule has 2 amide bonds. The topological polar surface area (TPSA) is 94.9 Å². The molecule has 0 aliphatic carbocycles. The van der Waals surface area contributed by atoms with Gasteiger partial charge in [0.1, 0.15) is 12.6 Å². The molecule has 2 heterocycles. The zero-order valence-electron chi connectivity index (χ0n) is 16.2. The van der Waals surface area contributed by atoms with Crippen LogP contribution in [-0.2, 0) is 30.4 Å². The van der Waals surface area contributed by atoms with E-state index in [0.717, 1.165) is 27.6 Å². The quantitative estimate of drug-likeness (QED) is 0.528. The number of fused-ring (bicyclic) bond motifs is 1. The second-order valence-corrected chi connectivity index (χ2v) is 7.28. The number of imide groups is 1. The molecular weight excluding hydrogens is 396 g/mol. The maximum atomic E-state index is 12.8. The number of methoxy groups -OCH3 is 1. The molecule has 1 unspecified atom stereocenters. The summed E-state index contributed by atoms with van der Waals surface area (Å²) in [4.78, 5) is 49.9. The van der Waals surface area contributed by atoms with Crippen LogP contribution in [0, 0.1) is 0 Å². The highest BCUT2D eigenvalue weighted by Gasteiger charge is 2.41. The summed E-state index contributed by atoms with van der Waals surface area (Å²) in [7, 11) is 1.32. The number of para-hydroxylation sites is 1. The summed E-state index contributed by atoms with van der Waals surface area (Å²) in [5.74, 6) is -1.59. The van der Waals surface area contributed by atoms with Crippen LogP contribution >= 0.6 is 11.8 Å². The number of thioether (sulfide) groups is 1. The summed E-state index contributed by atoms with van der Waals surface area (Å²) in [6.07, 6.45) is 3.32. The summed E-state index contributed by atoms with van der Waals surface area (Å²) in [5, 5.41) is 0.293. The molecule has 1 aromatic heterocycles. The van der Waals surface area contributed by atoms with E-state index in [4.69, 9.17) is 9.47 Å². The van der Waals surface area contributed by atoms with Gasteiger partial charge in [0.25, 0.3) is 11.1 Å². The van der Waals surface area contributed by atoms with E-state index >= 15 is 0 Å². The van der Waals surface area contributed by atoms with Gasteiger partial charge in [0.2, 0.25) is 0 Å². The molecule has 0 radical (unpaired) electrons. The highest BCUT2D eigenvalue weighted by Crippen LogP contribution is 2.35. The van der Waals surface area contributed by atoms with E-state index in [1.165, 1.54) is 14.0 Å². The minimum Gasteiger partial charge on any atom is -0.468 e. The molecule has 8 nitrogen and oxygen atoms in total. The molecule has 2 aromatic rings. The van der Waals surface area contributed by atoms with Crippen molar-refractivity contribution in [2.24, 2.45) is 0 Å². The zero-order chi connectivity index (χ0) is 21.1. The van der Waals surface area contributed by atoms with Gasteiger partial charge in [0.05, 0.1) is 18.6 Å². The number of esters is 2. The van der Waals surface area contributed by atoms with Crippen molar-refractivity contribution >= 4 is 51.8 Å². The van der Waals surface area contributed by atoms with Gasteiger partial charge >= 0.3 is 11.9 Å². The van der Waals surface area contributed by atoms with Crippen molar-refractivity contribution < 1.29 is 28.7 Å². The predicted octanol–water partition coefficient (Wildman–Crippen LogP) is 2.80. The van der Waals surface area contributed by atoms with Crippen molar-refractivity contribution in [3.05, 3.63) is 40.9 Å². The highest BCUT2D eigenvalue weighted by molar-refractivity contribution is 8.18. The fraction of sp³-hybridized carbons (Fsp3) is 0.300. The Bertz CT molecular complexity index is 1030. The van der Waals surface area contributed by atoms with Crippen molar-refractivity contribution in [2.45, 2.75) is 26.4 Å². The first kappa shape index (κ1) is 20.7. The Morgan fingerprint density at radius 2 is 1.97 bits per heavy atom. The van der Waals surface area contributed by atoms with Crippen LogP contribution in [0.2, 0.25) is 0 Å². The van der Waals surface area contributed by atoms with Crippen LogP contribution in [0.5, 0.6) is 0 Å². The zero-order valence-corrected chi connectivity index (χ0v) is 17.0. The fourth-order valence-corrected chi connectivity index (χ4v) is 3.95. The molecule has 0 spiro atoms. The number of benzene rings is 1. The van der Waals surface area contributed by atoms with E-state index in [9.17, 15) is 19.2 Å². The second-order valence-electron chi connectivity index (χ2n) is 6.29. The highest BCUT2D eigenvalue weighted by atomic mass is 32.2. The molecule has 3 rings (SSSR count). The van der Waals surface area contributed by atoms with Gasteiger partial charge in [-0.15, -0.1) is 0 Å². The van der Waals surface area contributed by atoms with Crippen LogP contribution in [0.4, 0.5) is 4.79 Å². The van der Waals surface area contributed by atoms with Gasteiger partial charge in [-0.3, -0.25) is 19.3 Å². The van der Waals surface area contributed by atoms with Gasteiger partial charge in [0, 0.05) is 22.7 Å². The fourth-order valence-electron chi connectivity index (χ4n) is 3.05. The molecule has 0 N–H and O–H groups in total. The summed E-state index contributed by atoms with van der Waals surface area (Å²) in [6, 6.07) is 6.39. The third-order valence-corrected chi connectivity index (χ3v) is 5.36. The number of hydrogen-bond acceptors (Lipinski definition) is 7. The Hall–Kier alpha value is -3.07. The molecule has 1 aromatic carbocycles. The molecule has 0 bridgehead atoms. The number of nitrogens with zero attached hydrogens (tertiary/aromatic N) is 2. The first-order valence-electron chi connectivity index (χ1n) is 8.95. The van der Waals surface area contributed by atoms with Crippen LogP contribution in [0.15, 0.2) is 35.4 Å². The lowest BCUT2D eigenvalue weighted by Gasteiger charge is -2.19. The largest absolute Gasteiger partial charge is 0.468 e. The van der Waals surface area contributed by atoms with Crippen molar-refractivity contribution in [3.63, 3.8) is 0 Å². The number of ether oxygens (including phenoxy) is 2. The van der Waals surface area contributed by atoms with E-state index in [0.29, 0.717) is 5.56 Å². The van der Waals surface area contributed by atoms with E-state index < -0.39 is 29.1 Å². The molecule has 29 heavy (non-hydrogen) atoms. The number of carbonyl (C=O) groups excluding carboxylic acids is 4. The Morgan fingerprint density at radius 3 is 2.66 bits per heavy atom. The molecular formula is C20H20N2O6S. The summed E-state index contributed by atoms with van der Waals surface area (Å²) in [5.41, 5.74) is 1.47. The average Bonchev–Trinajstić information content (AvgIpc) is 3.18. The molecule has 1 atom stereocenters. The smallest absolute Gasteiger partial charge is 0.329 e. The molecule has 1 saturated heterocycles. The summed E-state index contributed by atoms with van der Waals surface area (Å²) >= 11 is 0.767. The maximum Gasteiger partial charge on any atom is 0.329 e. The lowest BCUT2D eigenvalue weighted by molar-refractivity contribution is -0.150. The minimum absolute atomic E-state index is 0.0201. The second kappa shape index (κ2) is 8.52. The average molecular weight is 416 g/mol. The molecule has 0 saturated carbocycles. The molecule has 1 fully saturated rings. The van der Waals surface area contributed by atoms with Crippen LogP contribution < -0.4 is 0 Å². The third-order valence-electron chi connectivity index (χ3n) is 4.47. The molecule has 9 heteroatoms. The van der Waals surface area contributed by atoms with E-state index in [-0.39, 0.29) is 18.1 Å². The Labute approximate surface area is 171 Å². The van der Waals surface area contributed by atoms with Crippen LogP contribution in [0.25, 0.3) is 17.0 Å². The lowest BCUT2D eigenvalue weighted by Crippen LogP contribution is -2.42. The monoisotopic (exact) mass is 416 g/mol. The van der Waals surface area contributed by atoms with Gasteiger partial charge in [-0.25, -0.2) is 4.79 Å². The van der Waals surface area contributed by atoms with E-state index in [1.807, 2.05) is 24.3 Å². The summed E-state index contributed by atoms with van der Waals surface area (Å²) < 4.78 is 11.4. The first-order valence-corrected chi connectivity index (χ1v) is 9.77. The van der Waals surface area contributed by atoms with Crippen molar-refractivity contribution in [1.82, 2.24) is 9.47 Å². The third kappa shape index (κ3) is 4.04. The number of aromatic nitrogens is 1. The SMILES string of the molecule is CCOC(=O)C(C)N1C(=O)SC(=Cc2cn(CC(=O)OC)c3ccccc23)C1=O. The molecule has 1 aliphatic rings. The summed E-state index contributed by atoms with van der Waals surface area (Å²) in [6.45, 7) is 3.29. The van der Waals surface area contributed by atoms with Gasteiger partial charge in [-0.1, -0.05) is 18.2 Å². The van der Waals surface area contributed by atoms with Crippen molar-refractivity contribution in [2.75, 3.05) is 13.7 Å². The number of carbonyl (C=O) groups is 4. The first-order chi connectivity index (χ1) is 13.9. The van der Waals surface area contributed by atoms with Crippen LogP contribution in [-0.4, -0.2) is 52.3 Å². The standard InChI is InChI=1S/C20H20N2O6S/c1-4-28-19(25)12(2)22-18(24)16(29-20(22)26)9-13-10-21(11-17(23)27-3)15-8-6-5-7-14(13)15/h5-10,12H,4,11H2,1-3H3. The predicted molar refractivity (Wildman–Crippen MR) is 108 cm³/mol. The Balaban J connectivity index is 1.95. The maximum absolute atomic E-state index is 12.8. The van der Waals surface area contributed by atoms with Crippen LogP contribution in [0.3, 0.4) is 0 Å². The van der Waals surface area contributed by atoms with Gasteiger partial charge in [-0.05, 0) is 37.8 Å². The number of amides is 2. The number of rotatable bonds is 6. The van der Waals surface area contributed by atoms with Gasteiger partial charge in [0.15, 0.2) is 0 Å². The molecule has 1 aliphatic heterocycles. The van der Waals surface area contributed by atoms with Crippen LogP contribution in [0.1, 0.15) is 19.4 Å².